The quantitative estimate of drug-likeness (QED) is 0.245. The number of carbonyl (C=O) groups is 4. The predicted octanol–water partition coefficient (Wildman–Crippen LogP) is 0.695. The zero-order chi connectivity index (χ0) is 21.7. The molecule has 3 rings (SSSR count). The summed E-state index contributed by atoms with van der Waals surface area (Å²) < 4.78 is 0. The van der Waals surface area contributed by atoms with Crippen LogP contribution in [0.15, 0.2) is 24.3 Å². The van der Waals surface area contributed by atoms with Crippen LogP contribution in [0.4, 0.5) is 10.5 Å². The van der Waals surface area contributed by atoms with Crippen molar-refractivity contribution in [2.45, 2.75) is 37.6 Å². The predicted molar refractivity (Wildman–Crippen MR) is 105 cm³/mol. The number of urea groups is 1. The lowest BCUT2D eigenvalue weighted by Gasteiger charge is -2.20. The van der Waals surface area contributed by atoms with Gasteiger partial charge in [0.05, 0.1) is 11.5 Å². The minimum absolute atomic E-state index is 0.0800. The second-order valence-corrected chi connectivity index (χ2v) is 7.37. The van der Waals surface area contributed by atoms with E-state index in [9.17, 15) is 29.3 Å². The highest BCUT2D eigenvalue weighted by atomic mass is 16.6. The first-order valence-electron chi connectivity index (χ1n) is 9.76. The summed E-state index contributed by atoms with van der Waals surface area (Å²) in [6, 6.07) is 4.80. The molecular formula is C19H23N5O6. The number of rotatable bonds is 8. The van der Waals surface area contributed by atoms with E-state index in [2.05, 4.69) is 16.0 Å². The first-order valence-corrected chi connectivity index (χ1v) is 9.76. The number of nitrogens with zero attached hydrogens (tertiary/aromatic N) is 2. The van der Waals surface area contributed by atoms with Gasteiger partial charge in [0.2, 0.25) is 5.91 Å². The number of benzene rings is 1. The van der Waals surface area contributed by atoms with Crippen molar-refractivity contribution in [3.05, 3.63) is 39.9 Å². The number of hydrogen-bond acceptors (Lipinski definition) is 6. The molecule has 30 heavy (non-hydrogen) atoms. The van der Waals surface area contributed by atoms with E-state index in [1.807, 2.05) is 0 Å². The Balaban J connectivity index is 1.38. The molecule has 0 unspecified atom stereocenters. The number of nitro groups is 1. The Labute approximate surface area is 172 Å². The van der Waals surface area contributed by atoms with E-state index in [1.54, 1.807) is 0 Å². The van der Waals surface area contributed by atoms with E-state index in [-0.39, 0.29) is 36.8 Å². The largest absolute Gasteiger partial charge is 0.355 e. The van der Waals surface area contributed by atoms with E-state index in [0.717, 1.165) is 18.9 Å². The van der Waals surface area contributed by atoms with Crippen LogP contribution in [-0.2, 0) is 9.59 Å². The molecule has 1 aromatic carbocycles. The van der Waals surface area contributed by atoms with Gasteiger partial charge in [-0.2, -0.15) is 0 Å². The summed E-state index contributed by atoms with van der Waals surface area (Å²) in [5.41, 5.74) is -0.875. The third kappa shape index (κ3) is 4.56. The third-order valence-electron chi connectivity index (χ3n) is 5.31. The Morgan fingerprint density at radius 3 is 2.63 bits per heavy atom. The summed E-state index contributed by atoms with van der Waals surface area (Å²) in [6.45, 7) is 0.135. The number of nitro benzene ring substituents is 1. The summed E-state index contributed by atoms with van der Waals surface area (Å²) in [5, 5.41) is 18.6. The van der Waals surface area contributed by atoms with Crippen molar-refractivity contribution < 1.29 is 24.1 Å². The average molecular weight is 417 g/mol. The van der Waals surface area contributed by atoms with Crippen LogP contribution in [0.2, 0.25) is 0 Å². The zero-order valence-electron chi connectivity index (χ0n) is 16.3. The molecule has 1 aliphatic heterocycles. The van der Waals surface area contributed by atoms with Crippen LogP contribution in [0.5, 0.6) is 0 Å². The molecule has 1 saturated carbocycles. The molecule has 5 amide bonds. The zero-order valence-corrected chi connectivity index (χ0v) is 16.3. The SMILES string of the molecule is O=C(CNC(=O)c1cccc([N+](=O)[O-])c1)NCCCN1C(=O)NC2(CCCC2)C1=O. The summed E-state index contributed by atoms with van der Waals surface area (Å²) in [7, 11) is 0. The Kier molecular flexibility index (Phi) is 6.28. The highest BCUT2D eigenvalue weighted by Crippen LogP contribution is 2.34. The van der Waals surface area contributed by atoms with Crippen molar-refractivity contribution in [2.24, 2.45) is 0 Å². The fourth-order valence-electron chi connectivity index (χ4n) is 3.75. The van der Waals surface area contributed by atoms with Crippen LogP contribution >= 0.6 is 0 Å². The van der Waals surface area contributed by atoms with Crippen molar-refractivity contribution in [3.63, 3.8) is 0 Å². The Morgan fingerprint density at radius 2 is 1.93 bits per heavy atom. The van der Waals surface area contributed by atoms with Crippen LogP contribution in [-0.4, -0.2) is 58.7 Å². The van der Waals surface area contributed by atoms with Gasteiger partial charge < -0.3 is 16.0 Å². The highest BCUT2D eigenvalue weighted by Gasteiger charge is 2.51. The normalized spacial score (nSPS) is 17.1. The van der Waals surface area contributed by atoms with Crippen molar-refractivity contribution in [3.8, 4) is 0 Å². The van der Waals surface area contributed by atoms with E-state index in [4.69, 9.17) is 0 Å². The van der Waals surface area contributed by atoms with Crippen molar-refractivity contribution in [2.75, 3.05) is 19.6 Å². The van der Waals surface area contributed by atoms with Gasteiger partial charge in [-0.05, 0) is 25.3 Å². The maximum Gasteiger partial charge on any atom is 0.325 e. The van der Waals surface area contributed by atoms with Crippen molar-refractivity contribution in [1.29, 1.82) is 0 Å². The molecule has 2 fully saturated rings. The third-order valence-corrected chi connectivity index (χ3v) is 5.31. The molecule has 0 atom stereocenters. The molecule has 1 heterocycles. The van der Waals surface area contributed by atoms with Crippen molar-refractivity contribution >= 4 is 29.4 Å². The van der Waals surface area contributed by atoms with E-state index >= 15 is 0 Å². The maximum atomic E-state index is 12.5. The molecule has 1 spiro atoms. The molecule has 0 bridgehead atoms. The number of carbonyl (C=O) groups excluding carboxylic acids is 4. The lowest BCUT2D eigenvalue weighted by molar-refractivity contribution is -0.384. The topological polar surface area (TPSA) is 151 Å². The average Bonchev–Trinajstić information content (AvgIpc) is 3.29. The van der Waals surface area contributed by atoms with Gasteiger partial charge >= 0.3 is 6.03 Å². The molecule has 3 N–H and O–H groups in total. The molecule has 0 aromatic heterocycles. The first-order chi connectivity index (χ1) is 14.3. The lowest BCUT2D eigenvalue weighted by Crippen LogP contribution is -2.44. The van der Waals surface area contributed by atoms with Crippen LogP contribution in [0.3, 0.4) is 0 Å². The van der Waals surface area contributed by atoms with Crippen molar-refractivity contribution in [1.82, 2.24) is 20.9 Å². The molecule has 11 heteroatoms. The second kappa shape index (κ2) is 8.89. The molecule has 0 radical (unpaired) electrons. The van der Waals surface area contributed by atoms with Gasteiger partial charge in [0.15, 0.2) is 0 Å². The fraction of sp³-hybridized carbons (Fsp3) is 0.474. The van der Waals surface area contributed by atoms with Gasteiger partial charge in [-0.3, -0.25) is 29.4 Å². The monoisotopic (exact) mass is 417 g/mol. The minimum Gasteiger partial charge on any atom is -0.355 e. The summed E-state index contributed by atoms with van der Waals surface area (Å²) >= 11 is 0. The van der Waals surface area contributed by atoms with Crippen LogP contribution in [0.25, 0.3) is 0 Å². The Bertz CT molecular complexity index is 880. The molecule has 1 saturated heterocycles. The molecule has 2 aliphatic rings. The van der Waals surface area contributed by atoms with E-state index < -0.39 is 28.3 Å². The maximum absolute atomic E-state index is 12.5. The van der Waals surface area contributed by atoms with Gasteiger partial charge in [0.25, 0.3) is 17.5 Å². The number of amides is 5. The second-order valence-electron chi connectivity index (χ2n) is 7.37. The van der Waals surface area contributed by atoms with E-state index in [0.29, 0.717) is 19.3 Å². The fourth-order valence-corrected chi connectivity index (χ4v) is 3.75. The first kappa shape index (κ1) is 21.2. The number of hydrogen-bond donors (Lipinski definition) is 3. The van der Waals surface area contributed by atoms with Crippen LogP contribution < -0.4 is 16.0 Å². The summed E-state index contributed by atoms with van der Waals surface area (Å²) in [4.78, 5) is 59.8. The summed E-state index contributed by atoms with van der Waals surface area (Å²) in [6.07, 6.45) is 3.54. The van der Waals surface area contributed by atoms with Crippen LogP contribution in [0, 0.1) is 10.1 Å². The highest BCUT2D eigenvalue weighted by molar-refractivity contribution is 6.07. The lowest BCUT2D eigenvalue weighted by atomic mass is 9.98. The van der Waals surface area contributed by atoms with E-state index in [1.165, 1.54) is 23.1 Å². The summed E-state index contributed by atoms with van der Waals surface area (Å²) in [5.74, 6) is -1.24. The van der Waals surface area contributed by atoms with Gasteiger partial charge in [-0.25, -0.2) is 4.79 Å². The van der Waals surface area contributed by atoms with Gasteiger partial charge in [-0.15, -0.1) is 0 Å². The number of imide groups is 1. The Hall–Kier alpha value is -3.50. The molecule has 1 aliphatic carbocycles. The molecule has 160 valence electrons. The standard InChI is InChI=1S/C19H23N5O6/c25-15(12-21-16(26)13-5-3-6-14(11-13)24(29)30)20-9-4-10-23-17(27)19(22-18(23)28)7-1-2-8-19/h3,5-6,11H,1-2,4,7-10,12H2,(H,20,25)(H,21,26)(H,22,28). The van der Waals surface area contributed by atoms with Crippen LogP contribution in [0.1, 0.15) is 42.5 Å². The molecule has 11 nitrogen and oxygen atoms in total. The van der Waals surface area contributed by atoms with Gasteiger partial charge in [0, 0.05) is 30.8 Å². The number of non-ortho nitro benzene ring substituents is 1. The smallest absolute Gasteiger partial charge is 0.325 e. The Morgan fingerprint density at radius 1 is 1.20 bits per heavy atom. The number of nitrogens with one attached hydrogen (secondary N) is 3. The molecule has 1 aromatic rings. The minimum atomic E-state index is -0.739. The van der Waals surface area contributed by atoms with Gasteiger partial charge in [0.1, 0.15) is 5.54 Å². The van der Waals surface area contributed by atoms with Gasteiger partial charge in [-0.1, -0.05) is 18.9 Å². The molecular weight excluding hydrogens is 394 g/mol.